The second-order valence-corrected chi connectivity index (χ2v) is 10.7. The highest BCUT2D eigenvalue weighted by atomic mass is 31.2. The lowest BCUT2D eigenvalue weighted by atomic mass is 10.2. The molecule has 1 aliphatic rings. The Morgan fingerprint density at radius 1 is 1.16 bits per heavy atom. The van der Waals surface area contributed by atoms with E-state index in [-0.39, 0.29) is 22.6 Å². The van der Waals surface area contributed by atoms with Gasteiger partial charge in [-0.15, -0.1) is 0 Å². The molecule has 0 aliphatic carbocycles. The highest BCUT2D eigenvalue weighted by molar-refractivity contribution is 7.73. The van der Waals surface area contributed by atoms with Crippen molar-refractivity contribution in [1.29, 1.82) is 0 Å². The zero-order valence-electron chi connectivity index (χ0n) is 16.3. The zero-order valence-corrected chi connectivity index (χ0v) is 18.1. The SMILES string of the molecule is COC(=O)Oc1c(OC)cccc1C1OP(=O)(O)C(O)(Cc2cccnc2)P(=O)(O)O1. The summed E-state index contributed by atoms with van der Waals surface area (Å²) >= 11 is 0. The van der Waals surface area contributed by atoms with Crippen LogP contribution >= 0.6 is 15.2 Å². The van der Waals surface area contributed by atoms with Crippen molar-refractivity contribution in [3.05, 3.63) is 53.9 Å². The van der Waals surface area contributed by atoms with Crippen molar-refractivity contribution in [2.45, 2.75) is 17.8 Å². The number of nitrogens with zero attached hydrogens (tertiary/aromatic N) is 1. The van der Waals surface area contributed by atoms with Crippen LogP contribution in [0.15, 0.2) is 42.7 Å². The molecule has 1 aliphatic heterocycles. The molecule has 2 aromatic rings. The largest absolute Gasteiger partial charge is 0.513 e. The van der Waals surface area contributed by atoms with E-state index in [0.29, 0.717) is 0 Å². The summed E-state index contributed by atoms with van der Waals surface area (Å²) in [6.07, 6.45) is -1.21. The van der Waals surface area contributed by atoms with E-state index in [2.05, 4.69) is 9.72 Å². The topological polar surface area (TPSA) is 171 Å². The van der Waals surface area contributed by atoms with E-state index in [1.807, 2.05) is 0 Å². The predicted octanol–water partition coefficient (Wildman–Crippen LogP) is 2.54. The highest BCUT2D eigenvalue weighted by Crippen LogP contribution is 2.79. The van der Waals surface area contributed by atoms with Gasteiger partial charge in [-0.1, -0.05) is 12.1 Å². The van der Waals surface area contributed by atoms with Crippen LogP contribution in [0.2, 0.25) is 0 Å². The molecular weight excluding hydrogens is 456 g/mol. The first-order valence-electron chi connectivity index (χ1n) is 8.61. The first-order valence-corrected chi connectivity index (χ1v) is 11.8. The van der Waals surface area contributed by atoms with Crippen molar-refractivity contribution in [1.82, 2.24) is 4.98 Å². The van der Waals surface area contributed by atoms with Crippen LogP contribution in [-0.2, 0) is 29.3 Å². The minimum Gasteiger partial charge on any atom is -0.493 e. The number of benzene rings is 1. The fourth-order valence-electron chi connectivity index (χ4n) is 2.81. The van der Waals surface area contributed by atoms with E-state index in [9.17, 15) is 28.8 Å². The van der Waals surface area contributed by atoms with Gasteiger partial charge in [0.2, 0.25) is 6.29 Å². The average molecular weight is 475 g/mol. The molecule has 1 aromatic heterocycles. The maximum Gasteiger partial charge on any atom is 0.513 e. The van der Waals surface area contributed by atoms with Crippen molar-refractivity contribution < 1.29 is 52.1 Å². The number of pyridine rings is 1. The third-order valence-electron chi connectivity index (χ3n) is 4.38. The second kappa shape index (κ2) is 8.68. The Hall–Kier alpha value is -2.30. The summed E-state index contributed by atoms with van der Waals surface area (Å²) < 4.78 is 50.4. The average Bonchev–Trinajstić information content (AvgIpc) is 2.72. The summed E-state index contributed by atoms with van der Waals surface area (Å²) in [5.41, 5.74) is -0.0352. The van der Waals surface area contributed by atoms with Gasteiger partial charge in [0.05, 0.1) is 19.8 Å². The van der Waals surface area contributed by atoms with Crippen LogP contribution in [0.25, 0.3) is 0 Å². The molecule has 14 heteroatoms. The Bertz CT molecular complexity index is 1040. The highest BCUT2D eigenvalue weighted by Gasteiger charge is 2.67. The third kappa shape index (κ3) is 4.37. The van der Waals surface area contributed by atoms with Gasteiger partial charge < -0.3 is 29.1 Å². The molecule has 3 rings (SSSR count). The van der Waals surface area contributed by atoms with Gasteiger partial charge >= 0.3 is 21.3 Å². The lowest BCUT2D eigenvalue weighted by molar-refractivity contribution is -0.0589. The molecule has 0 saturated carbocycles. The molecule has 0 spiro atoms. The lowest BCUT2D eigenvalue weighted by Crippen LogP contribution is -2.38. The molecule has 1 aromatic carbocycles. The molecule has 2 unspecified atom stereocenters. The van der Waals surface area contributed by atoms with Crippen LogP contribution in [0.4, 0.5) is 4.79 Å². The number of carbonyl (C=O) groups is 1. The Morgan fingerprint density at radius 2 is 1.84 bits per heavy atom. The van der Waals surface area contributed by atoms with E-state index in [1.54, 1.807) is 0 Å². The minimum atomic E-state index is -5.22. The van der Waals surface area contributed by atoms with E-state index in [4.69, 9.17) is 18.5 Å². The number of hydrogen-bond acceptors (Lipinski definition) is 10. The maximum absolute atomic E-state index is 12.9. The van der Waals surface area contributed by atoms with E-state index < -0.39 is 39.1 Å². The number of ether oxygens (including phenoxy) is 3. The molecule has 31 heavy (non-hydrogen) atoms. The number of rotatable bonds is 5. The first-order chi connectivity index (χ1) is 14.5. The molecule has 1 fully saturated rings. The molecule has 1 saturated heterocycles. The Morgan fingerprint density at radius 3 is 2.39 bits per heavy atom. The minimum absolute atomic E-state index is 0.0214. The van der Waals surface area contributed by atoms with Gasteiger partial charge in [-0.3, -0.25) is 23.2 Å². The summed E-state index contributed by atoms with van der Waals surface area (Å²) in [7, 11) is -8.14. The van der Waals surface area contributed by atoms with Gasteiger partial charge in [-0.05, 0) is 23.8 Å². The van der Waals surface area contributed by atoms with Gasteiger partial charge in [0.15, 0.2) is 11.5 Å². The van der Waals surface area contributed by atoms with Crippen molar-refractivity contribution >= 4 is 21.3 Å². The van der Waals surface area contributed by atoms with Crippen LogP contribution in [0.5, 0.6) is 11.5 Å². The van der Waals surface area contributed by atoms with Crippen molar-refractivity contribution in [2.75, 3.05) is 14.2 Å². The van der Waals surface area contributed by atoms with Crippen molar-refractivity contribution in [2.24, 2.45) is 0 Å². The summed E-state index contributed by atoms with van der Waals surface area (Å²) in [5, 5.41) is 7.60. The van der Waals surface area contributed by atoms with Crippen LogP contribution in [0.3, 0.4) is 0 Å². The summed E-state index contributed by atoms with van der Waals surface area (Å²) in [6, 6.07) is 6.94. The van der Waals surface area contributed by atoms with Crippen molar-refractivity contribution in [3.63, 3.8) is 0 Å². The molecule has 0 amide bonds. The molecule has 3 N–H and O–H groups in total. The van der Waals surface area contributed by atoms with Gasteiger partial charge in [0, 0.05) is 18.8 Å². The summed E-state index contributed by atoms with van der Waals surface area (Å²) in [4.78, 5) is 36.3. The predicted molar refractivity (Wildman–Crippen MR) is 103 cm³/mol. The summed E-state index contributed by atoms with van der Waals surface area (Å²) in [6.45, 7) is 0. The van der Waals surface area contributed by atoms with Gasteiger partial charge in [0.25, 0.3) is 5.08 Å². The molecule has 2 heterocycles. The van der Waals surface area contributed by atoms with Gasteiger partial charge in [-0.2, -0.15) is 0 Å². The number of methoxy groups -OCH3 is 2. The lowest BCUT2D eigenvalue weighted by Gasteiger charge is -2.41. The number of carbonyl (C=O) groups excluding carboxylic acids is 1. The molecular formula is C17H19NO11P2. The second-order valence-electron chi connectivity index (χ2n) is 6.33. The van der Waals surface area contributed by atoms with Crippen LogP contribution in [0.1, 0.15) is 17.4 Å². The number of aromatic nitrogens is 1. The zero-order chi connectivity index (χ0) is 22.9. The Kier molecular flexibility index (Phi) is 6.54. The fraction of sp³-hybridized carbons (Fsp3) is 0.294. The normalized spacial score (nSPS) is 30.4. The quantitative estimate of drug-likeness (QED) is 0.328. The van der Waals surface area contributed by atoms with Gasteiger partial charge in [0.1, 0.15) is 0 Å². The standard InChI is InChI=1S/C17H19NO11P2/c1-25-13-7-3-6-12(14(13)27-16(19)26-2)15-28-30(21,22)17(20,31(23,24)29-15)9-11-5-4-8-18-10-11/h3-8,10,15,20H,9H2,1-2H3,(H,21,22)(H,23,24). The van der Waals surface area contributed by atoms with Gasteiger partial charge in [-0.25, -0.2) is 4.79 Å². The number of aliphatic hydroxyl groups is 1. The number of para-hydroxylation sites is 1. The Balaban J connectivity index is 2.02. The van der Waals surface area contributed by atoms with Crippen LogP contribution < -0.4 is 9.47 Å². The molecule has 0 bridgehead atoms. The molecule has 0 radical (unpaired) electrons. The van der Waals surface area contributed by atoms with Crippen molar-refractivity contribution in [3.8, 4) is 11.5 Å². The van der Waals surface area contributed by atoms with Crippen LogP contribution in [0, 0.1) is 0 Å². The first kappa shape index (κ1) is 23.4. The number of hydrogen-bond donors (Lipinski definition) is 3. The Labute approximate surface area is 176 Å². The van der Waals surface area contributed by atoms with E-state index in [0.717, 1.165) is 7.11 Å². The van der Waals surface area contributed by atoms with Crippen LogP contribution in [-0.4, -0.2) is 45.3 Å². The van der Waals surface area contributed by atoms with E-state index >= 15 is 0 Å². The monoisotopic (exact) mass is 475 g/mol. The fourth-order valence-corrected chi connectivity index (χ4v) is 6.37. The molecule has 2 atom stereocenters. The van der Waals surface area contributed by atoms with E-state index in [1.165, 1.54) is 49.8 Å². The third-order valence-corrected chi connectivity index (χ3v) is 8.98. The molecule has 12 nitrogen and oxygen atoms in total. The molecule has 168 valence electrons. The smallest absolute Gasteiger partial charge is 0.493 e. The summed E-state index contributed by atoms with van der Waals surface area (Å²) in [5.74, 6) is -0.355. The maximum atomic E-state index is 12.9.